The average Bonchev–Trinajstić information content (AvgIpc) is 2.83. The van der Waals surface area contributed by atoms with Crippen molar-refractivity contribution >= 4 is 16.6 Å². The Balaban J connectivity index is 1.94. The van der Waals surface area contributed by atoms with Gasteiger partial charge in [0.25, 0.3) is 0 Å². The van der Waals surface area contributed by atoms with Crippen LogP contribution < -0.4 is 10.7 Å². The number of rotatable bonds is 1. The number of hydrogen-bond donors (Lipinski definition) is 1. The molecule has 4 rings (SSSR count). The second-order valence-corrected chi connectivity index (χ2v) is 6.53. The van der Waals surface area contributed by atoms with Crippen molar-refractivity contribution in [2.75, 3.05) is 11.9 Å². The summed E-state index contributed by atoms with van der Waals surface area (Å²) in [5.41, 5.74) is 4.77. The van der Waals surface area contributed by atoms with Crippen molar-refractivity contribution in [3.8, 4) is 5.69 Å². The Morgan fingerprint density at radius 1 is 1.09 bits per heavy atom. The number of aromatic nitrogens is 1. The van der Waals surface area contributed by atoms with Crippen LogP contribution in [-0.2, 0) is 5.41 Å². The van der Waals surface area contributed by atoms with Gasteiger partial charge in [-0.3, -0.25) is 4.79 Å². The van der Waals surface area contributed by atoms with Crippen molar-refractivity contribution in [3.63, 3.8) is 0 Å². The quantitative estimate of drug-likeness (QED) is 0.741. The summed E-state index contributed by atoms with van der Waals surface area (Å²) in [5, 5.41) is 4.23. The van der Waals surface area contributed by atoms with E-state index in [0.717, 1.165) is 23.1 Å². The van der Waals surface area contributed by atoms with Gasteiger partial charge < -0.3 is 9.88 Å². The number of fused-ring (bicyclic) bond motifs is 2. The maximum atomic E-state index is 12.0. The van der Waals surface area contributed by atoms with Gasteiger partial charge in [-0.25, -0.2) is 0 Å². The number of nitrogens with one attached hydrogen (secondary N) is 1. The molecule has 110 valence electrons. The molecule has 3 nitrogen and oxygen atoms in total. The third-order valence-electron chi connectivity index (χ3n) is 4.54. The third-order valence-corrected chi connectivity index (χ3v) is 4.54. The molecule has 0 radical (unpaired) electrons. The maximum Gasteiger partial charge on any atom is 0.189 e. The third kappa shape index (κ3) is 1.86. The lowest BCUT2D eigenvalue weighted by atomic mass is 9.87. The van der Waals surface area contributed by atoms with E-state index in [2.05, 4.69) is 41.9 Å². The van der Waals surface area contributed by atoms with Crippen molar-refractivity contribution in [3.05, 3.63) is 70.5 Å². The van der Waals surface area contributed by atoms with Crippen LogP contribution >= 0.6 is 0 Å². The van der Waals surface area contributed by atoms with Gasteiger partial charge in [0.15, 0.2) is 5.43 Å². The van der Waals surface area contributed by atoms with E-state index in [1.54, 1.807) is 6.07 Å². The molecule has 2 aromatic carbocycles. The molecule has 0 atom stereocenters. The molecule has 0 spiro atoms. The molecular weight excluding hydrogens is 272 g/mol. The van der Waals surface area contributed by atoms with Crippen LogP contribution in [0.3, 0.4) is 0 Å². The Morgan fingerprint density at radius 3 is 2.77 bits per heavy atom. The normalized spacial score (nSPS) is 15.5. The van der Waals surface area contributed by atoms with Gasteiger partial charge in [0, 0.05) is 41.0 Å². The first-order valence-electron chi connectivity index (χ1n) is 7.55. The standard InChI is InChI=1S/C19H18N2O/c1-19(2)12-20-16-11-13(7-8-15(16)19)21-10-9-18(22)14-5-3-4-6-17(14)21/h3-11,20H,12H2,1-2H3. The molecule has 0 fully saturated rings. The lowest BCUT2D eigenvalue weighted by Crippen LogP contribution is -2.18. The molecule has 0 aliphatic carbocycles. The van der Waals surface area contributed by atoms with Gasteiger partial charge in [-0.2, -0.15) is 0 Å². The highest BCUT2D eigenvalue weighted by Crippen LogP contribution is 2.37. The molecule has 0 amide bonds. The monoisotopic (exact) mass is 290 g/mol. The fourth-order valence-corrected chi connectivity index (χ4v) is 3.26. The van der Waals surface area contributed by atoms with E-state index in [4.69, 9.17) is 0 Å². The Labute approximate surface area is 129 Å². The minimum absolute atomic E-state index is 0.0623. The van der Waals surface area contributed by atoms with Gasteiger partial charge >= 0.3 is 0 Å². The molecule has 0 saturated carbocycles. The maximum absolute atomic E-state index is 12.0. The van der Waals surface area contributed by atoms with E-state index < -0.39 is 0 Å². The summed E-state index contributed by atoms with van der Waals surface area (Å²) in [6.07, 6.45) is 1.85. The lowest BCUT2D eigenvalue weighted by molar-refractivity contribution is 0.586. The number of nitrogens with zero attached hydrogens (tertiary/aromatic N) is 1. The summed E-state index contributed by atoms with van der Waals surface area (Å²) >= 11 is 0. The second-order valence-electron chi connectivity index (χ2n) is 6.53. The Kier molecular flexibility index (Phi) is 2.67. The summed E-state index contributed by atoms with van der Waals surface area (Å²) in [6, 6.07) is 15.9. The molecular formula is C19H18N2O. The number of para-hydroxylation sites is 1. The van der Waals surface area contributed by atoms with E-state index in [1.807, 2.05) is 30.5 Å². The van der Waals surface area contributed by atoms with Gasteiger partial charge in [0.1, 0.15) is 0 Å². The van der Waals surface area contributed by atoms with Crippen LogP contribution in [0, 0.1) is 0 Å². The van der Waals surface area contributed by atoms with Gasteiger partial charge in [-0.15, -0.1) is 0 Å². The Morgan fingerprint density at radius 2 is 1.91 bits per heavy atom. The molecule has 1 aliphatic heterocycles. The molecule has 1 N–H and O–H groups in total. The zero-order chi connectivity index (χ0) is 15.3. The fourth-order valence-electron chi connectivity index (χ4n) is 3.26. The highest BCUT2D eigenvalue weighted by Gasteiger charge is 2.29. The van der Waals surface area contributed by atoms with Crippen molar-refractivity contribution < 1.29 is 0 Å². The molecule has 2 heterocycles. The van der Waals surface area contributed by atoms with Crippen LogP contribution in [0.15, 0.2) is 59.5 Å². The average molecular weight is 290 g/mol. The second kappa shape index (κ2) is 4.47. The minimum Gasteiger partial charge on any atom is -0.384 e. The summed E-state index contributed by atoms with van der Waals surface area (Å²) in [5.74, 6) is 0. The molecule has 0 bridgehead atoms. The topological polar surface area (TPSA) is 34.0 Å². The fraction of sp³-hybridized carbons (Fsp3) is 0.211. The van der Waals surface area contributed by atoms with Crippen LogP contribution in [0.1, 0.15) is 19.4 Å². The minimum atomic E-state index is 0.0623. The predicted octanol–water partition coefficient (Wildman–Crippen LogP) is 3.69. The first kappa shape index (κ1) is 13.1. The van der Waals surface area contributed by atoms with E-state index in [0.29, 0.717) is 0 Å². The van der Waals surface area contributed by atoms with Crippen LogP contribution in [-0.4, -0.2) is 11.1 Å². The zero-order valence-electron chi connectivity index (χ0n) is 12.8. The first-order valence-corrected chi connectivity index (χ1v) is 7.55. The number of pyridine rings is 1. The van der Waals surface area contributed by atoms with Crippen molar-refractivity contribution in [2.24, 2.45) is 0 Å². The molecule has 1 aromatic heterocycles. The van der Waals surface area contributed by atoms with Crippen LogP contribution in [0.25, 0.3) is 16.6 Å². The molecule has 0 saturated heterocycles. The molecule has 3 heteroatoms. The van der Waals surface area contributed by atoms with Crippen molar-refractivity contribution in [1.29, 1.82) is 0 Å². The van der Waals surface area contributed by atoms with Crippen LogP contribution in [0.2, 0.25) is 0 Å². The largest absolute Gasteiger partial charge is 0.384 e. The lowest BCUT2D eigenvalue weighted by Gasteiger charge is -2.17. The molecule has 3 aromatic rings. The molecule has 0 unspecified atom stereocenters. The Hall–Kier alpha value is -2.55. The Bertz CT molecular complexity index is 938. The van der Waals surface area contributed by atoms with Crippen molar-refractivity contribution in [2.45, 2.75) is 19.3 Å². The van der Waals surface area contributed by atoms with Crippen LogP contribution in [0.4, 0.5) is 5.69 Å². The van der Waals surface area contributed by atoms with E-state index >= 15 is 0 Å². The van der Waals surface area contributed by atoms with Gasteiger partial charge in [-0.05, 0) is 29.8 Å². The summed E-state index contributed by atoms with van der Waals surface area (Å²) in [7, 11) is 0. The summed E-state index contributed by atoms with van der Waals surface area (Å²) in [4.78, 5) is 12.0. The number of benzene rings is 2. The number of anilines is 1. The van der Waals surface area contributed by atoms with Crippen molar-refractivity contribution in [1.82, 2.24) is 4.57 Å². The summed E-state index contributed by atoms with van der Waals surface area (Å²) in [6.45, 7) is 5.46. The van der Waals surface area contributed by atoms with E-state index in [9.17, 15) is 4.79 Å². The van der Waals surface area contributed by atoms with E-state index in [1.165, 1.54) is 11.3 Å². The first-order chi connectivity index (χ1) is 10.6. The summed E-state index contributed by atoms with van der Waals surface area (Å²) < 4.78 is 2.07. The van der Waals surface area contributed by atoms with E-state index in [-0.39, 0.29) is 10.8 Å². The highest BCUT2D eigenvalue weighted by atomic mass is 16.1. The van der Waals surface area contributed by atoms with Gasteiger partial charge in [-0.1, -0.05) is 32.0 Å². The van der Waals surface area contributed by atoms with Gasteiger partial charge in [0.2, 0.25) is 0 Å². The zero-order valence-corrected chi connectivity index (χ0v) is 12.8. The predicted molar refractivity (Wildman–Crippen MR) is 91.1 cm³/mol. The molecule has 22 heavy (non-hydrogen) atoms. The SMILES string of the molecule is CC1(C)CNc2cc(-n3ccc(=O)c4ccccc43)ccc21. The number of hydrogen-bond acceptors (Lipinski definition) is 2. The van der Waals surface area contributed by atoms with Crippen LogP contribution in [0.5, 0.6) is 0 Å². The molecule has 1 aliphatic rings. The van der Waals surface area contributed by atoms with Gasteiger partial charge in [0.05, 0.1) is 5.52 Å². The smallest absolute Gasteiger partial charge is 0.189 e. The highest BCUT2D eigenvalue weighted by molar-refractivity contribution is 5.81.